The molecule has 114 valence electrons. The lowest BCUT2D eigenvalue weighted by Crippen LogP contribution is -2.35. The highest BCUT2D eigenvalue weighted by atomic mass is 79.9. The van der Waals surface area contributed by atoms with Crippen LogP contribution in [0, 0.1) is 11.8 Å². The fourth-order valence-corrected chi connectivity index (χ4v) is 3.95. The number of hydrogen-bond acceptors (Lipinski definition) is 3. The maximum Gasteiger partial charge on any atom is 0.0702 e. The molecule has 2 heterocycles. The molecule has 0 spiro atoms. The van der Waals surface area contributed by atoms with E-state index in [1.165, 1.54) is 5.69 Å². The van der Waals surface area contributed by atoms with Crippen molar-refractivity contribution in [3.63, 3.8) is 0 Å². The zero-order valence-corrected chi connectivity index (χ0v) is 14.8. The minimum Gasteiger partial charge on any atom is -0.375 e. The lowest BCUT2D eigenvalue weighted by Gasteiger charge is -2.30. The molecule has 0 aliphatic carbocycles. The van der Waals surface area contributed by atoms with Crippen molar-refractivity contribution in [2.45, 2.75) is 58.9 Å². The summed E-state index contributed by atoms with van der Waals surface area (Å²) >= 11 is 3.66. The highest BCUT2D eigenvalue weighted by molar-refractivity contribution is 9.10. The summed E-state index contributed by atoms with van der Waals surface area (Å²) in [5, 5.41) is 8.01. The third-order valence-corrected chi connectivity index (χ3v) is 5.20. The topological polar surface area (TPSA) is 39.1 Å². The Hall–Kier alpha value is -0.390. The van der Waals surface area contributed by atoms with Crippen molar-refractivity contribution in [1.29, 1.82) is 0 Å². The highest BCUT2D eigenvalue weighted by Gasteiger charge is 2.43. The van der Waals surface area contributed by atoms with Crippen molar-refractivity contribution in [2.75, 3.05) is 7.05 Å². The molecular formula is C15H26BrN3O. The fraction of sp³-hybridized carbons (Fsp3) is 0.800. The van der Waals surface area contributed by atoms with Gasteiger partial charge in [-0.2, -0.15) is 5.10 Å². The summed E-state index contributed by atoms with van der Waals surface area (Å²) in [5.74, 6) is 0.963. The van der Waals surface area contributed by atoms with E-state index in [9.17, 15) is 0 Å². The fourth-order valence-electron chi connectivity index (χ4n) is 3.43. The van der Waals surface area contributed by atoms with E-state index in [1.54, 1.807) is 0 Å². The van der Waals surface area contributed by atoms with Crippen LogP contribution < -0.4 is 5.32 Å². The summed E-state index contributed by atoms with van der Waals surface area (Å²) in [4.78, 5) is 0. The van der Waals surface area contributed by atoms with E-state index in [4.69, 9.17) is 4.74 Å². The third-order valence-electron chi connectivity index (χ3n) is 4.59. The van der Waals surface area contributed by atoms with Crippen molar-refractivity contribution >= 4 is 15.9 Å². The van der Waals surface area contributed by atoms with Gasteiger partial charge in [0, 0.05) is 12.0 Å². The normalized spacial score (nSPS) is 32.0. The predicted molar refractivity (Wildman–Crippen MR) is 84.8 cm³/mol. The Kier molecular flexibility index (Phi) is 4.92. The molecule has 1 aliphatic heterocycles. The minimum absolute atomic E-state index is 0.240. The zero-order valence-electron chi connectivity index (χ0n) is 13.2. The van der Waals surface area contributed by atoms with Crippen LogP contribution >= 0.6 is 15.9 Å². The van der Waals surface area contributed by atoms with Crippen molar-refractivity contribution in [3.05, 3.63) is 16.4 Å². The largest absolute Gasteiger partial charge is 0.375 e. The Labute approximate surface area is 130 Å². The first-order chi connectivity index (χ1) is 9.38. The number of aromatic nitrogens is 2. The van der Waals surface area contributed by atoms with Crippen LogP contribution in [0.25, 0.3) is 0 Å². The molecule has 1 aromatic rings. The molecule has 0 amide bonds. The first kappa shape index (κ1) is 16.0. The zero-order chi connectivity index (χ0) is 15.0. The van der Waals surface area contributed by atoms with Crippen LogP contribution in [0.4, 0.5) is 0 Å². The van der Waals surface area contributed by atoms with Crippen LogP contribution in [0.1, 0.15) is 52.4 Å². The molecule has 20 heavy (non-hydrogen) atoms. The molecule has 1 aromatic heterocycles. The first-order valence-electron chi connectivity index (χ1n) is 7.44. The van der Waals surface area contributed by atoms with Gasteiger partial charge >= 0.3 is 0 Å². The van der Waals surface area contributed by atoms with E-state index < -0.39 is 0 Å². The van der Waals surface area contributed by atoms with Gasteiger partial charge in [-0.25, -0.2) is 0 Å². The van der Waals surface area contributed by atoms with Crippen LogP contribution in [0.2, 0.25) is 0 Å². The van der Waals surface area contributed by atoms with Gasteiger partial charge in [0.05, 0.1) is 34.6 Å². The second kappa shape index (κ2) is 6.16. The molecule has 2 rings (SSSR count). The number of halogens is 1. The molecule has 1 fully saturated rings. The average molecular weight is 344 g/mol. The monoisotopic (exact) mass is 343 g/mol. The van der Waals surface area contributed by atoms with Crippen molar-refractivity contribution in [1.82, 2.24) is 15.1 Å². The quantitative estimate of drug-likeness (QED) is 0.908. The van der Waals surface area contributed by atoms with E-state index in [-0.39, 0.29) is 12.1 Å². The predicted octanol–water partition coefficient (Wildman–Crippen LogP) is 3.55. The number of rotatable bonds is 4. The van der Waals surface area contributed by atoms with Crippen LogP contribution in [0.15, 0.2) is 10.7 Å². The number of hydrogen-bond donors (Lipinski definition) is 1. The molecule has 1 saturated heterocycles. The number of nitrogens with zero attached hydrogens (tertiary/aromatic N) is 2. The smallest absolute Gasteiger partial charge is 0.0702 e. The van der Waals surface area contributed by atoms with Crippen molar-refractivity contribution < 1.29 is 4.74 Å². The molecule has 0 radical (unpaired) electrons. The lowest BCUT2D eigenvalue weighted by atomic mass is 9.82. The van der Waals surface area contributed by atoms with E-state index in [1.807, 2.05) is 13.2 Å². The Balaban J connectivity index is 2.40. The standard InChI is InChI=1S/C15H26BrN3O/c1-8(2)19-15(12(16)7-18-19)14(17-6)13-9(3)10(4)20-11(13)5/h7-11,13-14,17H,1-6H3. The Morgan fingerprint density at radius 2 is 1.95 bits per heavy atom. The molecule has 0 bridgehead atoms. The minimum atomic E-state index is 0.240. The molecule has 1 aliphatic rings. The highest BCUT2D eigenvalue weighted by Crippen LogP contribution is 2.42. The van der Waals surface area contributed by atoms with Crippen molar-refractivity contribution in [2.24, 2.45) is 11.8 Å². The Morgan fingerprint density at radius 3 is 2.40 bits per heavy atom. The summed E-state index contributed by atoms with van der Waals surface area (Å²) in [6.45, 7) is 11.0. The summed E-state index contributed by atoms with van der Waals surface area (Å²) in [7, 11) is 2.02. The summed E-state index contributed by atoms with van der Waals surface area (Å²) in [6, 6.07) is 0.585. The van der Waals surface area contributed by atoms with Crippen LogP contribution in [0.3, 0.4) is 0 Å². The second-order valence-electron chi connectivity index (χ2n) is 6.17. The van der Waals surface area contributed by atoms with Gasteiger partial charge in [0.15, 0.2) is 0 Å². The van der Waals surface area contributed by atoms with E-state index in [0.29, 0.717) is 24.0 Å². The van der Waals surface area contributed by atoms with Crippen LogP contribution in [-0.2, 0) is 4.74 Å². The average Bonchev–Trinajstić information content (AvgIpc) is 2.86. The Morgan fingerprint density at radius 1 is 1.30 bits per heavy atom. The molecule has 5 atom stereocenters. The molecule has 0 saturated carbocycles. The van der Waals surface area contributed by atoms with E-state index >= 15 is 0 Å². The molecule has 5 heteroatoms. The van der Waals surface area contributed by atoms with Gasteiger partial charge in [-0.1, -0.05) is 6.92 Å². The molecule has 4 nitrogen and oxygen atoms in total. The molecule has 0 aromatic carbocycles. The Bertz CT molecular complexity index is 460. The van der Waals surface area contributed by atoms with Gasteiger partial charge in [0.1, 0.15) is 0 Å². The summed E-state index contributed by atoms with van der Waals surface area (Å²) in [5.41, 5.74) is 1.23. The first-order valence-corrected chi connectivity index (χ1v) is 8.23. The van der Waals surface area contributed by atoms with Gasteiger partial charge in [0.25, 0.3) is 0 Å². The van der Waals surface area contributed by atoms with Crippen LogP contribution in [-0.4, -0.2) is 29.0 Å². The maximum absolute atomic E-state index is 6.02. The lowest BCUT2D eigenvalue weighted by molar-refractivity contribution is 0.0474. The van der Waals surface area contributed by atoms with Gasteiger partial charge in [-0.15, -0.1) is 0 Å². The molecule has 5 unspecified atom stereocenters. The maximum atomic E-state index is 6.02. The van der Waals surface area contributed by atoms with E-state index in [0.717, 1.165) is 4.47 Å². The van der Waals surface area contributed by atoms with Crippen LogP contribution in [0.5, 0.6) is 0 Å². The molecule has 1 N–H and O–H groups in total. The molecular weight excluding hydrogens is 318 g/mol. The van der Waals surface area contributed by atoms with Gasteiger partial charge in [-0.05, 0) is 56.6 Å². The second-order valence-corrected chi connectivity index (χ2v) is 7.02. The SMILES string of the molecule is CNC(c1c(Br)cnn1C(C)C)C1C(C)OC(C)C1C. The van der Waals surface area contributed by atoms with E-state index in [2.05, 4.69) is 65.6 Å². The summed E-state index contributed by atoms with van der Waals surface area (Å²) in [6.07, 6.45) is 2.45. The van der Waals surface area contributed by atoms with Gasteiger partial charge in [0.2, 0.25) is 0 Å². The summed E-state index contributed by atoms with van der Waals surface area (Å²) < 4.78 is 9.20. The van der Waals surface area contributed by atoms with Gasteiger partial charge < -0.3 is 10.1 Å². The number of nitrogens with one attached hydrogen (secondary N) is 1. The third kappa shape index (κ3) is 2.68. The number of ether oxygens (including phenoxy) is 1. The van der Waals surface area contributed by atoms with Crippen molar-refractivity contribution in [3.8, 4) is 0 Å². The van der Waals surface area contributed by atoms with Gasteiger partial charge in [-0.3, -0.25) is 4.68 Å².